The molecular formula is C10H11N3. The fourth-order valence-electron chi connectivity index (χ4n) is 1.62. The number of nitrogens with zero attached hydrogens (tertiary/aromatic N) is 2. The van der Waals surface area contributed by atoms with E-state index >= 15 is 0 Å². The van der Waals surface area contributed by atoms with Crippen LogP contribution in [0.3, 0.4) is 0 Å². The third-order valence-electron chi connectivity index (χ3n) is 2.39. The van der Waals surface area contributed by atoms with Gasteiger partial charge in [-0.25, -0.2) is 0 Å². The van der Waals surface area contributed by atoms with Crippen molar-refractivity contribution in [1.29, 1.82) is 5.26 Å². The first-order valence-electron chi connectivity index (χ1n) is 4.47. The second-order valence-corrected chi connectivity index (χ2v) is 3.27. The van der Waals surface area contributed by atoms with Crippen LogP contribution in [0.25, 0.3) is 0 Å². The lowest BCUT2D eigenvalue weighted by molar-refractivity contribution is 0.734. The molecule has 2 heterocycles. The minimum absolute atomic E-state index is 0.535. The van der Waals surface area contributed by atoms with E-state index in [4.69, 9.17) is 5.26 Å². The van der Waals surface area contributed by atoms with Crippen molar-refractivity contribution in [2.45, 2.75) is 12.3 Å². The molecule has 1 unspecified atom stereocenters. The van der Waals surface area contributed by atoms with Gasteiger partial charge in [0.15, 0.2) is 0 Å². The summed E-state index contributed by atoms with van der Waals surface area (Å²) in [6, 6.07) is 5.86. The van der Waals surface area contributed by atoms with Gasteiger partial charge in [0, 0.05) is 24.4 Å². The van der Waals surface area contributed by atoms with Crippen molar-refractivity contribution in [2.75, 3.05) is 13.1 Å². The zero-order valence-corrected chi connectivity index (χ0v) is 7.33. The standard InChI is InChI=1S/C10H11N3/c11-5-8-1-2-10(13-6-8)9-3-4-12-7-9/h1-2,6,9,12H,3-4,7H2. The van der Waals surface area contributed by atoms with Crippen LogP contribution in [-0.4, -0.2) is 18.1 Å². The molecule has 13 heavy (non-hydrogen) atoms. The summed E-state index contributed by atoms with van der Waals surface area (Å²) >= 11 is 0. The van der Waals surface area contributed by atoms with Crippen molar-refractivity contribution in [2.24, 2.45) is 0 Å². The molecule has 0 radical (unpaired) electrons. The van der Waals surface area contributed by atoms with Gasteiger partial charge in [-0.1, -0.05) is 0 Å². The smallest absolute Gasteiger partial charge is 0.101 e. The Morgan fingerprint density at radius 3 is 3.00 bits per heavy atom. The topological polar surface area (TPSA) is 48.7 Å². The van der Waals surface area contributed by atoms with Crippen LogP contribution in [0.2, 0.25) is 0 Å². The molecule has 1 N–H and O–H groups in total. The number of hydrogen-bond acceptors (Lipinski definition) is 3. The summed E-state index contributed by atoms with van der Waals surface area (Å²) in [5.74, 6) is 0.535. The van der Waals surface area contributed by atoms with Crippen LogP contribution in [0.1, 0.15) is 23.6 Å². The molecular weight excluding hydrogens is 162 g/mol. The molecule has 0 saturated carbocycles. The molecule has 66 valence electrons. The number of rotatable bonds is 1. The number of pyridine rings is 1. The summed E-state index contributed by atoms with van der Waals surface area (Å²) in [4.78, 5) is 4.27. The van der Waals surface area contributed by atoms with Crippen LogP contribution in [0.5, 0.6) is 0 Å². The second-order valence-electron chi connectivity index (χ2n) is 3.27. The van der Waals surface area contributed by atoms with Crippen LogP contribution in [-0.2, 0) is 0 Å². The van der Waals surface area contributed by atoms with Crippen molar-refractivity contribution in [1.82, 2.24) is 10.3 Å². The van der Waals surface area contributed by atoms with Crippen LogP contribution >= 0.6 is 0 Å². The van der Waals surface area contributed by atoms with E-state index in [1.54, 1.807) is 6.20 Å². The molecule has 0 amide bonds. The molecule has 0 spiro atoms. The zero-order chi connectivity index (χ0) is 9.10. The van der Waals surface area contributed by atoms with E-state index in [9.17, 15) is 0 Å². The van der Waals surface area contributed by atoms with E-state index in [1.807, 2.05) is 12.1 Å². The quantitative estimate of drug-likeness (QED) is 0.690. The minimum atomic E-state index is 0.535. The first kappa shape index (κ1) is 8.21. The minimum Gasteiger partial charge on any atom is -0.316 e. The molecule has 3 heteroatoms. The van der Waals surface area contributed by atoms with Crippen molar-refractivity contribution >= 4 is 0 Å². The largest absolute Gasteiger partial charge is 0.316 e. The van der Waals surface area contributed by atoms with Gasteiger partial charge in [0.1, 0.15) is 6.07 Å². The van der Waals surface area contributed by atoms with Crippen molar-refractivity contribution in [3.8, 4) is 6.07 Å². The number of nitriles is 1. The molecule has 0 aliphatic carbocycles. The third kappa shape index (κ3) is 1.68. The Hall–Kier alpha value is -1.40. The number of hydrogen-bond donors (Lipinski definition) is 1. The van der Waals surface area contributed by atoms with E-state index in [0.29, 0.717) is 11.5 Å². The van der Waals surface area contributed by atoms with Crippen LogP contribution < -0.4 is 5.32 Å². The first-order chi connectivity index (χ1) is 6.40. The molecule has 0 bridgehead atoms. The van der Waals surface area contributed by atoms with Crippen molar-refractivity contribution < 1.29 is 0 Å². The van der Waals surface area contributed by atoms with Gasteiger partial charge in [-0.2, -0.15) is 5.26 Å². The average molecular weight is 173 g/mol. The van der Waals surface area contributed by atoms with Gasteiger partial charge in [-0.3, -0.25) is 4.98 Å². The fourth-order valence-corrected chi connectivity index (χ4v) is 1.62. The maximum atomic E-state index is 8.59. The average Bonchev–Trinajstić information content (AvgIpc) is 2.71. The van der Waals surface area contributed by atoms with Crippen LogP contribution in [0.15, 0.2) is 18.3 Å². The van der Waals surface area contributed by atoms with E-state index in [-0.39, 0.29) is 0 Å². The molecule has 0 aromatic carbocycles. The molecule has 1 saturated heterocycles. The molecule has 1 aromatic heterocycles. The lowest BCUT2D eigenvalue weighted by Crippen LogP contribution is -2.08. The van der Waals surface area contributed by atoms with E-state index in [1.165, 1.54) is 0 Å². The zero-order valence-electron chi connectivity index (χ0n) is 7.33. The summed E-state index contributed by atoms with van der Waals surface area (Å²) in [5.41, 5.74) is 1.73. The van der Waals surface area contributed by atoms with Gasteiger partial charge in [-0.05, 0) is 25.1 Å². The monoisotopic (exact) mass is 173 g/mol. The SMILES string of the molecule is N#Cc1ccc(C2CCNC2)nc1. The maximum absolute atomic E-state index is 8.59. The van der Waals surface area contributed by atoms with Gasteiger partial charge in [-0.15, -0.1) is 0 Å². The summed E-state index contributed by atoms with van der Waals surface area (Å²) in [7, 11) is 0. The highest BCUT2D eigenvalue weighted by atomic mass is 14.9. The predicted molar refractivity (Wildman–Crippen MR) is 49.2 cm³/mol. The Bertz CT molecular complexity index is 317. The van der Waals surface area contributed by atoms with E-state index in [0.717, 1.165) is 25.2 Å². The van der Waals surface area contributed by atoms with Gasteiger partial charge in [0.25, 0.3) is 0 Å². The highest BCUT2D eigenvalue weighted by Gasteiger charge is 2.17. The Labute approximate surface area is 77.4 Å². The number of aromatic nitrogens is 1. The molecule has 1 fully saturated rings. The number of nitrogens with one attached hydrogen (secondary N) is 1. The van der Waals surface area contributed by atoms with Crippen LogP contribution in [0, 0.1) is 11.3 Å². The molecule has 3 nitrogen and oxygen atoms in total. The van der Waals surface area contributed by atoms with E-state index in [2.05, 4.69) is 16.4 Å². The molecule has 1 aromatic rings. The predicted octanol–water partition coefficient (Wildman–Crippen LogP) is 1.03. The second kappa shape index (κ2) is 3.55. The van der Waals surface area contributed by atoms with E-state index < -0.39 is 0 Å². The lowest BCUT2D eigenvalue weighted by atomic mass is 10.0. The lowest BCUT2D eigenvalue weighted by Gasteiger charge is -2.06. The first-order valence-corrected chi connectivity index (χ1v) is 4.47. The Morgan fingerprint density at radius 2 is 2.46 bits per heavy atom. The molecule has 2 rings (SSSR count). The Kier molecular flexibility index (Phi) is 2.24. The van der Waals surface area contributed by atoms with Crippen molar-refractivity contribution in [3.05, 3.63) is 29.6 Å². The summed E-state index contributed by atoms with van der Waals surface area (Å²) in [6.07, 6.45) is 2.80. The van der Waals surface area contributed by atoms with Gasteiger partial charge in [0.05, 0.1) is 5.56 Å². The Morgan fingerprint density at radius 1 is 1.54 bits per heavy atom. The molecule has 1 aliphatic rings. The highest BCUT2D eigenvalue weighted by Crippen LogP contribution is 2.19. The Balaban J connectivity index is 2.18. The van der Waals surface area contributed by atoms with Gasteiger partial charge in [0.2, 0.25) is 0 Å². The molecule has 1 aliphatic heterocycles. The van der Waals surface area contributed by atoms with Crippen LogP contribution in [0.4, 0.5) is 0 Å². The summed E-state index contributed by atoms with van der Waals surface area (Å²) in [6.45, 7) is 2.09. The maximum Gasteiger partial charge on any atom is 0.101 e. The van der Waals surface area contributed by atoms with Gasteiger partial charge >= 0.3 is 0 Å². The van der Waals surface area contributed by atoms with Gasteiger partial charge < -0.3 is 5.32 Å². The fraction of sp³-hybridized carbons (Fsp3) is 0.400. The summed E-state index contributed by atoms with van der Waals surface area (Å²) < 4.78 is 0. The molecule has 1 atom stereocenters. The third-order valence-corrected chi connectivity index (χ3v) is 2.39. The summed E-state index contributed by atoms with van der Waals surface area (Å²) in [5, 5.41) is 11.9. The van der Waals surface area contributed by atoms with Crippen molar-refractivity contribution in [3.63, 3.8) is 0 Å². The normalized spacial score (nSPS) is 21.3. The highest BCUT2D eigenvalue weighted by molar-refractivity contribution is 5.27.